The van der Waals surface area contributed by atoms with E-state index in [1.165, 1.54) is 6.07 Å². The third kappa shape index (κ3) is 3.55. The van der Waals surface area contributed by atoms with Crippen LogP contribution in [0.2, 0.25) is 0 Å². The fourth-order valence-electron chi connectivity index (χ4n) is 3.66. The van der Waals surface area contributed by atoms with Crippen molar-refractivity contribution < 1.29 is 9.13 Å². The molecular weight excluding hydrogens is 361 g/mol. The maximum absolute atomic E-state index is 13.4. The number of nitrogens with two attached hydrogens (primary N) is 1. The van der Waals surface area contributed by atoms with Gasteiger partial charge in [-0.05, 0) is 30.5 Å². The molecule has 28 heavy (non-hydrogen) atoms. The van der Waals surface area contributed by atoms with E-state index in [1.54, 1.807) is 16.8 Å². The number of rotatable bonds is 5. The van der Waals surface area contributed by atoms with Gasteiger partial charge in [0.2, 0.25) is 0 Å². The lowest BCUT2D eigenvalue weighted by atomic mass is 10.2. The highest BCUT2D eigenvalue weighted by Gasteiger charge is 2.29. The van der Waals surface area contributed by atoms with E-state index in [9.17, 15) is 4.39 Å². The Kier molecular flexibility index (Phi) is 4.40. The molecule has 9 heteroatoms. The van der Waals surface area contributed by atoms with E-state index in [0.717, 1.165) is 37.3 Å². The van der Waals surface area contributed by atoms with Gasteiger partial charge in [0, 0.05) is 25.6 Å². The first kappa shape index (κ1) is 17.4. The van der Waals surface area contributed by atoms with Gasteiger partial charge in [0.05, 0.1) is 19.3 Å². The Labute approximate surface area is 161 Å². The zero-order valence-corrected chi connectivity index (χ0v) is 15.5. The summed E-state index contributed by atoms with van der Waals surface area (Å²) in [6.07, 6.45) is 2.16. The van der Waals surface area contributed by atoms with Crippen LogP contribution in [0.1, 0.15) is 30.1 Å². The van der Waals surface area contributed by atoms with Gasteiger partial charge in [0.25, 0.3) is 0 Å². The molecule has 0 amide bonds. The van der Waals surface area contributed by atoms with Gasteiger partial charge in [-0.15, -0.1) is 5.10 Å². The summed E-state index contributed by atoms with van der Waals surface area (Å²) in [5, 5.41) is 8.38. The average molecular weight is 383 g/mol. The first-order valence-electron chi connectivity index (χ1n) is 9.61. The van der Waals surface area contributed by atoms with Crippen molar-refractivity contribution in [3.63, 3.8) is 0 Å². The molecule has 1 unspecified atom stereocenters. The van der Waals surface area contributed by atoms with E-state index in [4.69, 9.17) is 10.5 Å². The van der Waals surface area contributed by atoms with Gasteiger partial charge in [-0.1, -0.05) is 17.3 Å². The maximum atomic E-state index is 13.4. The Balaban J connectivity index is 1.31. The van der Waals surface area contributed by atoms with Crippen molar-refractivity contribution in [1.82, 2.24) is 29.9 Å². The molecule has 1 saturated heterocycles. The second-order valence-corrected chi connectivity index (χ2v) is 7.54. The highest BCUT2D eigenvalue weighted by molar-refractivity contribution is 5.80. The summed E-state index contributed by atoms with van der Waals surface area (Å²) in [6, 6.07) is 6.72. The number of hydrogen-bond acceptors (Lipinski definition) is 7. The smallest absolute Gasteiger partial charge is 0.184 e. The van der Waals surface area contributed by atoms with Gasteiger partial charge in [-0.2, -0.15) is 0 Å². The number of morpholine rings is 1. The lowest BCUT2D eigenvalue weighted by molar-refractivity contribution is -0.0399. The molecule has 8 nitrogen and oxygen atoms in total. The number of halogens is 1. The highest BCUT2D eigenvalue weighted by Crippen LogP contribution is 2.38. The Hall–Kier alpha value is -2.65. The minimum Gasteiger partial charge on any atom is -0.382 e. The van der Waals surface area contributed by atoms with Crippen molar-refractivity contribution >= 4 is 17.0 Å². The summed E-state index contributed by atoms with van der Waals surface area (Å²) in [5.74, 6) is 1.36. The highest BCUT2D eigenvalue weighted by atomic mass is 19.1. The fraction of sp³-hybridized carbons (Fsp3) is 0.474. The second kappa shape index (κ2) is 7.06. The van der Waals surface area contributed by atoms with E-state index in [2.05, 4.69) is 25.2 Å². The Morgan fingerprint density at radius 2 is 2.14 bits per heavy atom. The van der Waals surface area contributed by atoms with Gasteiger partial charge >= 0.3 is 0 Å². The molecule has 146 valence electrons. The molecule has 2 fully saturated rings. The summed E-state index contributed by atoms with van der Waals surface area (Å²) in [5.41, 5.74) is 8.22. The van der Waals surface area contributed by atoms with Crippen LogP contribution in [0.25, 0.3) is 11.2 Å². The lowest BCUT2D eigenvalue weighted by Crippen LogP contribution is -2.43. The third-order valence-electron chi connectivity index (χ3n) is 5.24. The lowest BCUT2D eigenvalue weighted by Gasteiger charge is -2.32. The summed E-state index contributed by atoms with van der Waals surface area (Å²) in [6.45, 7) is 3.39. The molecule has 0 radical (unpaired) electrons. The molecule has 0 bridgehead atoms. The van der Waals surface area contributed by atoms with E-state index >= 15 is 0 Å². The number of fused-ring (bicyclic) bond motifs is 1. The van der Waals surface area contributed by atoms with Crippen LogP contribution in [0.15, 0.2) is 24.3 Å². The summed E-state index contributed by atoms with van der Waals surface area (Å²) in [7, 11) is 0. The van der Waals surface area contributed by atoms with Crippen molar-refractivity contribution in [3.05, 3.63) is 41.5 Å². The molecule has 1 atom stereocenters. The van der Waals surface area contributed by atoms with Crippen LogP contribution >= 0.6 is 0 Å². The van der Waals surface area contributed by atoms with Crippen LogP contribution in [-0.2, 0) is 17.8 Å². The van der Waals surface area contributed by atoms with Crippen LogP contribution in [0.3, 0.4) is 0 Å². The average Bonchev–Trinajstić information content (AvgIpc) is 3.45. The Morgan fingerprint density at radius 3 is 2.96 bits per heavy atom. The van der Waals surface area contributed by atoms with Gasteiger partial charge in [-0.3, -0.25) is 4.90 Å². The van der Waals surface area contributed by atoms with Gasteiger partial charge in [0.15, 0.2) is 17.0 Å². The van der Waals surface area contributed by atoms with Crippen molar-refractivity contribution in [1.29, 1.82) is 0 Å². The number of aromatic nitrogens is 5. The van der Waals surface area contributed by atoms with Crippen molar-refractivity contribution in [2.24, 2.45) is 0 Å². The molecule has 2 aromatic heterocycles. The molecule has 0 spiro atoms. The first-order chi connectivity index (χ1) is 13.7. The molecule has 2 N–H and O–H groups in total. The Bertz CT molecular complexity index is 1000. The minimum atomic E-state index is -0.208. The van der Waals surface area contributed by atoms with Crippen molar-refractivity contribution in [2.75, 3.05) is 25.4 Å². The fourth-order valence-corrected chi connectivity index (χ4v) is 3.66. The normalized spacial score (nSPS) is 20.7. The predicted molar refractivity (Wildman–Crippen MR) is 101 cm³/mol. The van der Waals surface area contributed by atoms with Crippen LogP contribution in [-0.4, -0.2) is 55.7 Å². The number of nitrogens with zero attached hydrogens (tertiary/aromatic N) is 6. The SMILES string of the molecule is Nc1nc(C2CC2)nc2c1nnn2CC1CN(Cc2cccc(F)c2)CCO1. The number of ether oxygens (including phenoxy) is 1. The monoisotopic (exact) mass is 383 g/mol. The quantitative estimate of drug-likeness (QED) is 0.717. The van der Waals surface area contributed by atoms with Crippen LogP contribution in [0, 0.1) is 5.82 Å². The molecule has 1 saturated carbocycles. The third-order valence-corrected chi connectivity index (χ3v) is 5.24. The molecule has 1 aliphatic carbocycles. The zero-order chi connectivity index (χ0) is 19.1. The molecule has 2 aliphatic rings. The summed E-state index contributed by atoms with van der Waals surface area (Å²) < 4.78 is 21.1. The van der Waals surface area contributed by atoms with Crippen LogP contribution in [0.5, 0.6) is 0 Å². The summed E-state index contributed by atoms with van der Waals surface area (Å²) >= 11 is 0. The van der Waals surface area contributed by atoms with Crippen molar-refractivity contribution in [3.8, 4) is 0 Å². The van der Waals surface area contributed by atoms with Gasteiger partial charge in [0.1, 0.15) is 11.6 Å². The minimum absolute atomic E-state index is 0.0484. The van der Waals surface area contributed by atoms with Crippen LogP contribution < -0.4 is 5.73 Å². The van der Waals surface area contributed by atoms with Crippen molar-refractivity contribution in [2.45, 2.75) is 38.0 Å². The largest absolute Gasteiger partial charge is 0.382 e. The molecule has 3 heterocycles. The van der Waals surface area contributed by atoms with E-state index in [-0.39, 0.29) is 11.9 Å². The number of nitrogen functional groups attached to an aromatic ring is 1. The molecule has 5 rings (SSSR count). The second-order valence-electron chi connectivity index (χ2n) is 7.54. The van der Waals surface area contributed by atoms with E-state index in [0.29, 0.717) is 42.6 Å². The zero-order valence-electron chi connectivity index (χ0n) is 15.5. The van der Waals surface area contributed by atoms with Gasteiger partial charge < -0.3 is 10.5 Å². The van der Waals surface area contributed by atoms with E-state index < -0.39 is 0 Å². The van der Waals surface area contributed by atoms with E-state index in [1.807, 2.05) is 6.07 Å². The summed E-state index contributed by atoms with van der Waals surface area (Å²) in [4.78, 5) is 11.3. The molecule has 3 aromatic rings. The van der Waals surface area contributed by atoms with Gasteiger partial charge in [-0.25, -0.2) is 19.0 Å². The Morgan fingerprint density at radius 1 is 1.25 bits per heavy atom. The topological polar surface area (TPSA) is 95.0 Å². The number of anilines is 1. The molecule has 1 aromatic carbocycles. The first-order valence-corrected chi connectivity index (χ1v) is 9.61. The molecule has 1 aliphatic heterocycles. The number of benzene rings is 1. The predicted octanol–water partition coefficient (Wildman–Crippen LogP) is 1.72. The van der Waals surface area contributed by atoms with Crippen LogP contribution in [0.4, 0.5) is 10.2 Å². The standard InChI is InChI=1S/C19H22FN7O/c20-14-3-1-2-12(8-14)9-26-6-7-28-15(10-26)11-27-19-16(24-25-27)17(21)22-18(23-19)13-4-5-13/h1-3,8,13,15H,4-7,9-11H2,(H2,21,22,23). The number of hydrogen-bond donors (Lipinski definition) is 1. The molecular formula is C19H22FN7O. The maximum Gasteiger partial charge on any atom is 0.184 e.